The number of quaternary nitrogens is 1. The van der Waals surface area contributed by atoms with Crippen LogP contribution in [0.1, 0.15) is 194 Å². The van der Waals surface area contributed by atoms with Crippen molar-refractivity contribution in [2.45, 2.75) is 212 Å². The number of carboxylic acids is 3. The highest BCUT2D eigenvalue weighted by atomic mass is 16.4. The highest BCUT2D eigenvalue weighted by molar-refractivity contribution is 5.77. The van der Waals surface area contributed by atoms with Crippen LogP contribution in [-0.4, -0.2) is 57.3 Å². The van der Waals surface area contributed by atoms with Crippen molar-refractivity contribution in [2.75, 3.05) is 6.54 Å². The Balaban J connectivity index is 4.53. The molecule has 0 aromatic rings. The van der Waals surface area contributed by atoms with Crippen LogP contribution in [0.4, 0.5) is 0 Å². The van der Waals surface area contributed by atoms with Crippen LogP contribution in [0.3, 0.4) is 0 Å². The summed E-state index contributed by atoms with van der Waals surface area (Å²) in [5.41, 5.74) is 0. The Morgan fingerprint density at radius 3 is 1.09 bits per heavy atom. The molecule has 0 saturated heterocycles. The molecular weight excluding hydrogens is 578 g/mol. The summed E-state index contributed by atoms with van der Waals surface area (Å²) in [6.07, 6.45) is 30.4. The molecule has 2 N–H and O–H groups in total. The van der Waals surface area contributed by atoms with Crippen LogP contribution in [-0.2, 0) is 14.4 Å². The summed E-state index contributed by atoms with van der Waals surface area (Å²) in [7, 11) is 0. The fourth-order valence-corrected chi connectivity index (χ4v) is 7.49. The van der Waals surface area contributed by atoms with Crippen molar-refractivity contribution in [3.8, 4) is 0 Å². The quantitative estimate of drug-likeness (QED) is 0.0401. The number of allylic oxidation sites excluding steroid dienone is 1. The average molecular weight is 652 g/mol. The maximum Gasteiger partial charge on any atom is 0.362 e. The highest BCUT2D eigenvalue weighted by Gasteiger charge is 2.54. The van der Waals surface area contributed by atoms with Crippen LogP contribution in [0.5, 0.6) is 0 Å². The topological polar surface area (TPSA) is 115 Å². The van der Waals surface area contributed by atoms with Crippen molar-refractivity contribution in [3.05, 3.63) is 12.7 Å². The summed E-state index contributed by atoms with van der Waals surface area (Å²) < 4.78 is -0.431. The second-order valence-electron chi connectivity index (χ2n) is 13.8. The normalized spacial score (nSPS) is 14.8. The molecule has 7 heteroatoms. The third kappa shape index (κ3) is 18.4. The van der Waals surface area contributed by atoms with Crippen LogP contribution < -0.4 is 5.11 Å². The Morgan fingerprint density at radius 1 is 0.543 bits per heavy atom. The van der Waals surface area contributed by atoms with Gasteiger partial charge >= 0.3 is 11.9 Å². The van der Waals surface area contributed by atoms with Crippen LogP contribution >= 0.6 is 0 Å². The molecule has 3 unspecified atom stereocenters. The van der Waals surface area contributed by atoms with Gasteiger partial charge in [0.1, 0.15) is 6.04 Å². The first-order chi connectivity index (χ1) is 22.2. The first-order valence-electron chi connectivity index (χ1n) is 19.4. The fourth-order valence-electron chi connectivity index (χ4n) is 7.49. The van der Waals surface area contributed by atoms with Gasteiger partial charge in [0.2, 0.25) is 0 Å². The largest absolute Gasteiger partial charge is 0.544 e. The molecule has 0 aromatic heterocycles. The van der Waals surface area contributed by atoms with Gasteiger partial charge in [-0.05, 0) is 38.5 Å². The summed E-state index contributed by atoms with van der Waals surface area (Å²) in [5.74, 6) is -3.55. The van der Waals surface area contributed by atoms with Gasteiger partial charge in [0, 0.05) is 19.3 Å². The first-order valence-corrected chi connectivity index (χ1v) is 19.4. The molecule has 0 aliphatic heterocycles. The molecule has 0 radical (unpaired) electrons. The number of carboxylic acid groups (broad SMARTS) is 3. The van der Waals surface area contributed by atoms with Gasteiger partial charge in [0.05, 0.1) is 12.5 Å². The van der Waals surface area contributed by atoms with Crippen molar-refractivity contribution < 1.29 is 34.2 Å². The van der Waals surface area contributed by atoms with E-state index in [0.717, 1.165) is 25.7 Å². The number of carbonyl (C=O) groups excluding carboxylic acids is 1. The molecule has 0 aliphatic carbocycles. The van der Waals surface area contributed by atoms with Crippen LogP contribution in [0.25, 0.3) is 0 Å². The van der Waals surface area contributed by atoms with E-state index in [1.54, 1.807) is 0 Å². The van der Waals surface area contributed by atoms with Gasteiger partial charge in [-0.15, -0.1) is 6.58 Å². The summed E-state index contributed by atoms with van der Waals surface area (Å²) in [4.78, 5) is 37.7. The minimum Gasteiger partial charge on any atom is -0.544 e. The molecule has 0 fully saturated rings. The van der Waals surface area contributed by atoms with Crippen molar-refractivity contribution in [1.82, 2.24) is 0 Å². The van der Waals surface area contributed by atoms with E-state index in [2.05, 4.69) is 6.58 Å². The predicted octanol–water partition coefficient (Wildman–Crippen LogP) is 9.61. The molecule has 0 heterocycles. The molecule has 0 amide bonds. The Kier molecular flexibility index (Phi) is 28.1. The van der Waals surface area contributed by atoms with E-state index in [1.165, 1.54) is 103 Å². The molecule has 0 bridgehead atoms. The van der Waals surface area contributed by atoms with Crippen LogP contribution in [0.15, 0.2) is 12.7 Å². The number of carbonyl (C=O) groups is 3. The van der Waals surface area contributed by atoms with Crippen molar-refractivity contribution in [1.29, 1.82) is 0 Å². The molecule has 46 heavy (non-hydrogen) atoms. The summed E-state index contributed by atoms with van der Waals surface area (Å²) >= 11 is 0. The number of hydrogen-bond acceptors (Lipinski definition) is 4. The number of aliphatic carboxylic acids is 3. The van der Waals surface area contributed by atoms with Gasteiger partial charge in [-0.25, -0.2) is 9.59 Å². The zero-order chi connectivity index (χ0) is 34.5. The summed E-state index contributed by atoms with van der Waals surface area (Å²) in [6, 6.07) is -3.32. The molecule has 0 aliphatic rings. The molecular formula is C39H73NO6. The smallest absolute Gasteiger partial charge is 0.362 e. The lowest BCUT2D eigenvalue weighted by Gasteiger charge is -2.52. The Bertz CT molecular complexity index is 725. The lowest BCUT2D eigenvalue weighted by Crippen LogP contribution is -2.74. The van der Waals surface area contributed by atoms with Gasteiger partial charge in [0.25, 0.3) is 0 Å². The van der Waals surface area contributed by atoms with Crippen molar-refractivity contribution in [2.24, 2.45) is 0 Å². The molecule has 3 atom stereocenters. The molecule has 0 aromatic carbocycles. The van der Waals surface area contributed by atoms with Gasteiger partial charge in [0.15, 0.2) is 12.1 Å². The standard InChI is InChI=1S/C39H73NO6/c1-5-9-10-11-12-13-14-15-16-17-18-19-20-21-22-23-24-25-26-27-28-29-33-40(34(30-6-2)37(41)42,35(31-7-3)38(43)44)36(32-8-4)39(45)46/h5,34-36H,1,6-33H2,2-4H3,(H2-,41,42,43,44,45,46). The van der Waals surface area contributed by atoms with Gasteiger partial charge < -0.3 is 20.1 Å². The van der Waals surface area contributed by atoms with E-state index >= 15 is 0 Å². The second-order valence-corrected chi connectivity index (χ2v) is 13.8. The van der Waals surface area contributed by atoms with E-state index in [-0.39, 0.29) is 25.8 Å². The lowest BCUT2D eigenvalue weighted by molar-refractivity contribution is -0.975. The molecule has 0 saturated carbocycles. The molecule has 0 spiro atoms. The molecule has 270 valence electrons. The minimum atomic E-state index is -1.33. The van der Waals surface area contributed by atoms with E-state index in [1.807, 2.05) is 26.8 Å². The molecule has 0 rings (SSSR count). The Hall–Kier alpha value is -1.89. The predicted molar refractivity (Wildman–Crippen MR) is 189 cm³/mol. The fraction of sp³-hybridized carbons (Fsp3) is 0.872. The SMILES string of the molecule is C=CCCCCCCCCCCCCCCCCCCCCCC[N+](C(CCC)C(=O)[O-])(C(CCC)C(=O)O)C(CCC)C(=O)O. The van der Waals surface area contributed by atoms with E-state index in [4.69, 9.17) is 0 Å². The number of hydrogen-bond donors (Lipinski definition) is 2. The van der Waals surface area contributed by atoms with Crippen molar-refractivity contribution >= 4 is 17.9 Å². The minimum absolute atomic E-state index is 0.209. The maximum atomic E-state index is 12.6. The monoisotopic (exact) mass is 652 g/mol. The zero-order valence-electron chi connectivity index (χ0n) is 30.3. The van der Waals surface area contributed by atoms with Gasteiger partial charge in [-0.3, -0.25) is 4.48 Å². The highest BCUT2D eigenvalue weighted by Crippen LogP contribution is 2.34. The van der Waals surface area contributed by atoms with Gasteiger partial charge in [-0.2, -0.15) is 0 Å². The number of rotatable bonds is 35. The summed E-state index contributed by atoms with van der Waals surface area (Å²) in [5, 5.41) is 33.1. The average Bonchev–Trinajstić information content (AvgIpc) is 3.02. The Labute approximate surface area is 283 Å². The maximum absolute atomic E-state index is 12.6. The number of nitrogens with zero attached hydrogens (tertiary/aromatic N) is 1. The van der Waals surface area contributed by atoms with E-state index < -0.39 is 40.5 Å². The number of unbranched alkanes of at least 4 members (excludes halogenated alkanes) is 20. The van der Waals surface area contributed by atoms with Gasteiger partial charge in [-0.1, -0.05) is 142 Å². The van der Waals surface area contributed by atoms with Crippen molar-refractivity contribution in [3.63, 3.8) is 0 Å². The Morgan fingerprint density at radius 2 is 0.826 bits per heavy atom. The first kappa shape index (κ1) is 44.1. The molecule has 7 nitrogen and oxygen atoms in total. The van der Waals surface area contributed by atoms with Crippen LogP contribution in [0.2, 0.25) is 0 Å². The second kappa shape index (κ2) is 29.3. The lowest BCUT2D eigenvalue weighted by atomic mass is 9.91. The van der Waals surface area contributed by atoms with E-state index in [9.17, 15) is 29.7 Å². The third-order valence-corrected chi connectivity index (χ3v) is 9.97. The zero-order valence-corrected chi connectivity index (χ0v) is 30.3. The van der Waals surface area contributed by atoms with Crippen LogP contribution in [0, 0.1) is 0 Å². The van der Waals surface area contributed by atoms with E-state index in [0.29, 0.717) is 25.7 Å². The third-order valence-electron chi connectivity index (χ3n) is 9.97. The summed E-state index contributed by atoms with van der Waals surface area (Å²) in [6.45, 7) is 9.61.